The Labute approximate surface area is 230 Å². The van der Waals surface area contributed by atoms with Gasteiger partial charge in [-0.05, 0) is 41.5 Å². The molecule has 2 atom stereocenters. The number of rotatable bonds is 3. The van der Waals surface area contributed by atoms with Crippen LogP contribution in [-0.2, 0) is 4.74 Å². The zero-order chi connectivity index (χ0) is 28.9. The van der Waals surface area contributed by atoms with Gasteiger partial charge in [0.25, 0.3) is 5.91 Å². The molecule has 210 valence electrons. The number of fused-ring (bicyclic) bond motifs is 2. The van der Waals surface area contributed by atoms with Crippen LogP contribution in [0, 0.1) is 18.6 Å². The molecule has 0 bridgehead atoms. The van der Waals surface area contributed by atoms with Crippen molar-refractivity contribution in [2.75, 3.05) is 23.3 Å². The van der Waals surface area contributed by atoms with Crippen LogP contribution in [0.5, 0.6) is 0 Å². The number of carbonyl (C=O) groups excluding carboxylic acids is 2. The molecule has 1 aliphatic rings. The fraction of sp³-hybridized carbons (Fsp3) is 0.393. The molecule has 0 spiro atoms. The minimum Gasteiger partial charge on any atom is -0.444 e. The van der Waals surface area contributed by atoms with Gasteiger partial charge in [-0.1, -0.05) is 0 Å². The summed E-state index contributed by atoms with van der Waals surface area (Å²) in [5.41, 5.74) is 0.806. The van der Waals surface area contributed by atoms with E-state index in [1.807, 2.05) is 39.5 Å². The van der Waals surface area contributed by atoms with E-state index in [2.05, 4.69) is 20.3 Å². The summed E-state index contributed by atoms with van der Waals surface area (Å²) in [6.07, 6.45) is 5.57. The molecule has 3 aromatic heterocycles. The number of pyridine rings is 1. The van der Waals surface area contributed by atoms with Crippen molar-refractivity contribution in [3.05, 3.63) is 59.8 Å². The normalized spacial score (nSPS) is 17.9. The van der Waals surface area contributed by atoms with Gasteiger partial charge in [0.2, 0.25) is 0 Å². The largest absolute Gasteiger partial charge is 0.444 e. The lowest BCUT2D eigenvalue weighted by molar-refractivity contribution is 0.00566. The summed E-state index contributed by atoms with van der Waals surface area (Å²) >= 11 is 0. The van der Waals surface area contributed by atoms with E-state index < -0.39 is 29.2 Å². The summed E-state index contributed by atoms with van der Waals surface area (Å²) in [6, 6.07) is 1.91. The first-order chi connectivity index (χ1) is 18.8. The molecule has 0 radical (unpaired) electrons. The number of piperazine rings is 1. The molecule has 0 saturated carbocycles. The van der Waals surface area contributed by atoms with Crippen molar-refractivity contribution < 1.29 is 23.1 Å². The number of hydrogen-bond acceptors (Lipinski definition) is 7. The van der Waals surface area contributed by atoms with Crippen molar-refractivity contribution in [2.45, 2.75) is 59.2 Å². The predicted octanol–water partition coefficient (Wildman–Crippen LogP) is 4.95. The summed E-state index contributed by atoms with van der Waals surface area (Å²) < 4.78 is 37.3. The van der Waals surface area contributed by atoms with Crippen LogP contribution in [0.4, 0.5) is 25.0 Å². The minimum atomic E-state index is -0.796. The number of carbonyl (C=O) groups is 2. The minimum absolute atomic E-state index is 0.0740. The molecule has 1 aliphatic heterocycles. The quantitative estimate of drug-likeness (QED) is 0.384. The second kappa shape index (κ2) is 10.00. The Balaban J connectivity index is 1.46. The third-order valence-corrected chi connectivity index (χ3v) is 6.66. The van der Waals surface area contributed by atoms with Gasteiger partial charge in [-0.2, -0.15) is 0 Å². The highest BCUT2D eigenvalue weighted by Gasteiger charge is 2.37. The van der Waals surface area contributed by atoms with Crippen molar-refractivity contribution in [2.24, 2.45) is 0 Å². The van der Waals surface area contributed by atoms with E-state index in [1.54, 1.807) is 18.0 Å². The van der Waals surface area contributed by atoms with Crippen molar-refractivity contribution in [1.29, 1.82) is 0 Å². The number of ether oxygens (including phenoxy) is 1. The van der Waals surface area contributed by atoms with E-state index in [1.165, 1.54) is 29.1 Å². The van der Waals surface area contributed by atoms with Crippen LogP contribution < -0.4 is 10.2 Å². The smallest absolute Gasteiger partial charge is 0.410 e. The lowest BCUT2D eigenvalue weighted by Crippen LogP contribution is -2.59. The van der Waals surface area contributed by atoms with Crippen LogP contribution in [0.25, 0.3) is 16.7 Å². The number of nitrogens with one attached hydrogen (secondary N) is 1. The molecule has 4 aromatic rings. The van der Waals surface area contributed by atoms with Gasteiger partial charge in [-0.25, -0.2) is 18.6 Å². The molecule has 40 heavy (non-hydrogen) atoms. The third kappa shape index (κ3) is 5.13. The maximum Gasteiger partial charge on any atom is 0.410 e. The van der Waals surface area contributed by atoms with Crippen LogP contribution in [-0.4, -0.2) is 67.0 Å². The number of amides is 2. The standard InChI is InChI=1S/C28H31F2N7O3/c1-15-11-36-14-18(9-20(30)25(36)33-15)34-26(38)22-19(29)10-21(23-24(22)32-8-7-31-23)35-12-16(2)37(17(3)13-35)27(39)40-28(4,5)6/h7-11,14,16-17H,12-13H2,1-6H3,(H,34,38)/t16-,17+. The first-order valence-electron chi connectivity index (χ1n) is 13.0. The lowest BCUT2D eigenvalue weighted by atomic mass is 10.0. The van der Waals surface area contributed by atoms with E-state index >= 15 is 4.39 Å². The second-order valence-electron chi connectivity index (χ2n) is 11.1. The number of halogens is 2. The molecule has 0 aliphatic carbocycles. The molecular weight excluding hydrogens is 520 g/mol. The van der Waals surface area contributed by atoms with Gasteiger partial charge in [0.05, 0.1) is 29.2 Å². The second-order valence-corrected chi connectivity index (χ2v) is 11.1. The maximum atomic E-state index is 15.7. The number of nitrogens with zero attached hydrogens (tertiary/aromatic N) is 6. The Hall–Kier alpha value is -4.35. The van der Waals surface area contributed by atoms with E-state index in [4.69, 9.17) is 4.74 Å². The Morgan fingerprint density at radius 2 is 1.65 bits per heavy atom. The van der Waals surface area contributed by atoms with Gasteiger partial charge in [-0.15, -0.1) is 0 Å². The summed E-state index contributed by atoms with van der Waals surface area (Å²) in [7, 11) is 0. The first-order valence-corrected chi connectivity index (χ1v) is 13.0. The fourth-order valence-electron chi connectivity index (χ4n) is 5.17. The van der Waals surface area contributed by atoms with Crippen LogP contribution in [0.1, 0.15) is 50.7 Å². The van der Waals surface area contributed by atoms with Gasteiger partial charge >= 0.3 is 6.09 Å². The lowest BCUT2D eigenvalue weighted by Gasteiger charge is -2.45. The maximum absolute atomic E-state index is 15.7. The van der Waals surface area contributed by atoms with Crippen LogP contribution >= 0.6 is 0 Å². The Bertz CT molecular complexity index is 1620. The molecule has 0 unspecified atom stereocenters. The Morgan fingerprint density at radius 1 is 1.00 bits per heavy atom. The number of anilines is 2. The molecule has 5 rings (SSSR count). The van der Waals surface area contributed by atoms with Crippen LogP contribution in [0.15, 0.2) is 36.9 Å². The molecule has 1 fully saturated rings. The highest BCUT2D eigenvalue weighted by Crippen LogP contribution is 2.33. The summed E-state index contributed by atoms with van der Waals surface area (Å²) in [4.78, 5) is 42.6. The van der Waals surface area contributed by atoms with E-state index in [9.17, 15) is 14.0 Å². The van der Waals surface area contributed by atoms with Crippen LogP contribution in [0.3, 0.4) is 0 Å². The molecule has 12 heteroatoms. The molecule has 4 heterocycles. The van der Waals surface area contributed by atoms with Gasteiger partial charge in [-0.3, -0.25) is 19.7 Å². The monoisotopic (exact) mass is 551 g/mol. The number of aryl methyl sites for hydroxylation is 1. The molecule has 1 aromatic carbocycles. The number of imidazole rings is 1. The molecule has 1 saturated heterocycles. The Kier molecular flexibility index (Phi) is 6.80. The molecule has 1 N–H and O–H groups in total. The average molecular weight is 552 g/mol. The first kappa shape index (κ1) is 27.2. The van der Waals surface area contributed by atoms with Gasteiger partial charge < -0.3 is 19.4 Å². The predicted molar refractivity (Wildman–Crippen MR) is 147 cm³/mol. The molecule has 2 amide bonds. The van der Waals surface area contributed by atoms with Gasteiger partial charge in [0, 0.05) is 50.0 Å². The summed E-state index contributed by atoms with van der Waals surface area (Å²) in [5, 5.41) is 2.58. The van der Waals surface area contributed by atoms with Crippen LogP contribution in [0.2, 0.25) is 0 Å². The van der Waals surface area contributed by atoms with Crippen molar-refractivity contribution in [3.8, 4) is 0 Å². The van der Waals surface area contributed by atoms with Crippen molar-refractivity contribution in [1.82, 2.24) is 24.3 Å². The number of aromatic nitrogens is 4. The summed E-state index contributed by atoms with van der Waals surface area (Å²) in [5.74, 6) is -2.21. The average Bonchev–Trinajstić information content (AvgIpc) is 3.22. The zero-order valence-electron chi connectivity index (χ0n) is 23.2. The number of hydrogen-bond donors (Lipinski definition) is 1. The molecule has 10 nitrogen and oxygen atoms in total. The van der Waals surface area contributed by atoms with E-state index in [0.717, 1.165) is 6.07 Å². The van der Waals surface area contributed by atoms with E-state index in [-0.39, 0.29) is 34.5 Å². The molecular formula is C28H31F2N7O3. The van der Waals surface area contributed by atoms with Gasteiger partial charge in [0.1, 0.15) is 28.0 Å². The topological polar surface area (TPSA) is 105 Å². The van der Waals surface area contributed by atoms with Crippen molar-refractivity contribution >= 4 is 40.1 Å². The van der Waals surface area contributed by atoms with Gasteiger partial charge in [0.15, 0.2) is 11.5 Å². The summed E-state index contributed by atoms with van der Waals surface area (Å²) in [6.45, 7) is 11.8. The highest BCUT2D eigenvalue weighted by molar-refractivity contribution is 6.13. The highest BCUT2D eigenvalue weighted by atomic mass is 19.1. The fourth-order valence-corrected chi connectivity index (χ4v) is 5.17. The zero-order valence-corrected chi connectivity index (χ0v) is 23.2. The van der Waals surface area contributed by atoms with E-state index in [0.29, 0.717) is 30.0 Å². The third-order valence-electron chi connectivity index (χ3n) is 6.66. The number of benzene rings is 1. The SMILES string of the molecule is Cc1cn2cc(NC(=O)c3c(F)cc(N4C[C@@H](C)N(C(=O)OC(C)(C)C)[C@@H](C)C4)c4nccnc34)cc(F)c2n1. The Morgan fingerprint density at radius 3 is 2.30 bits per heavy atom. The van der Waals surface area contributed by atoms with Crippen molar-refractivity contribution in [3.63, 3.8) is 0 Å².